The number of carboxylic acid groups (broad SMARTS) is 2. The Balaban J connectivity index is 2.91. The SMILES string of the molecule is CC(C)(C)OC(=O)NC1(C(=O)O)CC(=O)N(C(=O)O)C1. The van der Waals surface area contributed by atoms with Crippen LogP contribution in [0.15, 0.2) is 0 Å². The average Bonchev–Trinajstić information content (AvgIpc) is 2.53. The molecule has 0 radical (unpaired) electrons. The van der Waals surface area contributed by atoms with Crippen LogP contribution in [0.4, 0.5) is 9.59 Å². The molecule has 3 amide bonds. The van der Waals surface area contributed by atoms with Crippen LogP contribution in [-0.4, -0.2) is 56.9 Å². The summed E-state index contributed by atoms with van der Waals surface area (Å²) in [5, 5.41) is 20.0. The Morgan fingerprint density at radius 1 is 1.30 bits per heavy atom. The summed E-state index contributed by atoms with van der Waals surface area (Å²) in [5.41, 5.74) is -2.85. The maximum Gasteiger partial charge on any atom is 0.414 e. The van der Waals surface area contributed by atoms with Gasteiger partial charge in [0.1, 0.15) is 5.60 Å². The second kappa shape index (κ2) is 4.99. The summed E-state index contributed by atoms with van der Waals surface area (Å²) >= 11 is 0. The van der Waals surface area contributed by atoms with E-state index in [4.69, 9.17) is 9.84 Å². The van der Waals surface area contributed by atoms with E-state index in [0.717, 1.165) is 0 Å². The quantitative estimate of drug-likeness (QED) is 0.662. The number of carboxylic acids is 1. The van der Waals surface area contributed by atoms with E-state index in [-0.39, 0.29) is 0 Å². The van der Waals surface area contributed by atoms with Gasteiger partial charge in [0.25, 0.3) is 0 Å². The Bertz CT molecular complexity index is 468. The van der Waals surface area contributed by atoms with Crippen molar-refractivity contribution in [2.75, 3.05) is 6.54 Å². The van der Waals surface area contributed by atoms with E-state index in [2.05, 4.69) is 5.32 Å². The fraction of sp³-hybridized carbons (Fsp3) is 0.636. The first-order chi connectivity index (χ1) is 8.97. The van der Waals surface area contributed by atoms with Crippen LogP contribution in [0.3, 0.4) is 0 Å². The minimum Gasteiger partial charge on any atom is -0.479 e. The lowest BCUT2D eigenvalue weighted by atomic mass is 9.99. The third-order valence-corrected chi connectivity index (χ3v) is 2.56. The molecule has 1 aliphatic heterocycles. The number of ether oxygens (including phenoxy) is 1. The van der Waals surface area contributed by atoms with Crippen molar-refractivity contribution in [3.05, 3.63) is 0 Å². The van der Waals surface area contributed by atoms with Crippen molar-refractivity contribution in [2.24, 2.45) is 0 Å². The number of rotatable bonds is 2. The number of aliphatic carboxylic acids is 1. The lowest BCUT2D eigenvalue weighted by molar-refractivity contribution is -0.144. The van der Waals surface area contributed by atoms with Crippen molar-refractivity contribution in [3.8, 4) is 0 Å². The number of likely N-dealkylation sites (tertiary alicyclic amines) is 1. The number of hydrogen-bond donors (Lipinski definition) is 3. The van der Waals surface area contributed by atoms with Crippen LogP contribution in [0.2, 0.25) is 0 Å². The van der Waals surface area contributed by atoms with Crippen LogP contribution in [0, 0.1) is 0 Å². The van der Waals surface area contributed by atoms with Crippen molar-refractivity contribution in [1.82, 2.24) is 10.2 Å². The van der Waals surface area contributed by atoms with E-state index < -0.39 is 48.2 Å². The minimum absolute atomic E-state index is 0.353. The van der Waals surface area contributed by atoms with Crippen LogP contribution in [0.25, 0.3) is 0 Å². The van der Waals surface area contributed by atoms with Gasteiger partial charge in [-0.2, -0.15) is 0 Å². The molecule has 1 heterocycles. The molecule has 1 atom stereocenters. The van der Waals surface area contributed by atoms with Gasteiger partial charge in [-0.05, 0) is 20.8 Å². The highest BCUT2D eigenvalue weighted by Crippen LogP contribution is 2.24. The molecule has 112 valence electrons. The topological polar surface area (TPSA) is 133 Å². The number of carbonyl (C=O) groups excluding carboxylic acids is 2. The smallest absolute Gasteiger partial charge is 0.414 e. The standard InChI is InChI=1S/C11H16N2O7/c1-10(2,3)20-8(17)12-11(7(15)16)4-6(14)13(5-11)9(18)19/h4-5H2,1-3H3,(H,12,17)(H,15,16)(H,18,19). The Morgan fingerprint density at radius 3 is 2.20 bits per heavy atom. The normalized spacial score (nSPS) is 22.6. The molecule has 1 aliphatic rings. The van der Waals surface area contributed by atoms with Crippen LogP contribution < -0.4 is 5.32 Å². The highest BCUT2D eigenvalue weighted by molar-refractivity contribution is 6.00. The molecule has 20 heavy (non-hydrogen) atoms. The highest BCUT2D eigenvalue weighted by atomic mass is 16.6. The van der Waals surface area contributed by atoms with E-state index in [0.29, 0.717) is 4.90 Å². The molecule has 0 aliphatic carbocycles. The van der Waals surface area contributed by atoms with Gasteiger partial charge in [-0.1, -0.05) is 0 Å². The third kappa shape index (κ3) is 3.37. The Morgan fingerprint density at radius 2 is 1.85 bits per heavy atom. The van der Waals surface area contributed by atoms with Crippen molar-refractivity contribution < 1.29 is 34.1 Å². The maximum absolute atomic E-state index is 11.6. The molecule has 0 aromatic rings. The molecule has 1 unspecified atom stereocenters. The van der Waals surface area contributed by atoms with Gasteiger partial charge in [0.05, 0.1) is 13.0 Å². The fourth-order valence-corrected chi connectivity index (χ4v) is 1.72. The fourth-order valence-electron chi connectivity index (χ4n) is 1.72. The van der Waals surface area contributed by atoms with Crippen molar-refractivity contribution >= 4 is 24.1 Å². The monoisotopic (exact) mass is 288 g/mol. The summed E-state index contributed by atoms with van der Waals surface area (Å²) in [5.74, 6) is -2.39. The predicted octanol–water partition coefficient (Wildman–Crippen LogP) is 0.245. The number of nitrogens with zero attached hydrogens (tertiary/aromatic N) is 1. The van der Waals surface area contributed by atoms with Gasteiger partial charge < -0.3 is 20.3 Å². The zero-order valence-electron chi connectivity index (χ0n) is 11.3. The first kappa shape index (κ1) is 15.7. The van der Waals surface area contributed by atoms with Crippen LogP contribution >= 0.6 is 0 Å². The highest BCUT2D eigenvalue weighted by Gasteiger charge is 2.53. The van der Waals surface area contributed by atoms with Crippen molar-refractivity contribution in [2.45, 2.75) is 38.3 Å². The van der Waals surface area contributed by atoms with E-state index in [1.807, 2.05) is 0 Å². The summed E-state index contributed by atoms with van der Waals surface area (Å²) in [6, 6.07) is 0. The number of imide groups is 1. The van der Waals surface area contributed by atoms with E-state index in [1.54, 1.807) is 20.8 Å². The van der Waals surface area contributed by atoms with Gasteiger partial charge in [-0.15, -0.1) is 0 Å². The molecule has 9 nitrogen and oxygen atoms in total. The molecule has 0 aromatic carbocycles. The maximum atomic E-state index is 11.6. The summed E-state index contributed by atoms with van der Waals surface area (Å²) in [7, 11) is 0. The molecule has 9 heteroatoms. The Hall–Kier alpha value is -2.32. The second-order valence-corrected chi connectivity index (χ2v) is 5.45. The van der Waals surface area contributed by atoms with Gasteiger partial charge in [0.15, 0.2) is 5.54 Å². The number of hydrogen-bond acceptors (Lipinski definition) is 5. The number of amides is 3. The number of alkyl carbamates (subject to hydrolysis) is 1. The largest absolute Gasteiger partial charge is 0.479 e. The summed E-state index contributed by atoms with van der Waals surface area (Å²) < 4.78 is 4.92. The Kier molecular flexibility index (Phi) is 3.92. The summed E-state index contributed by atoms with van der Waals surface area (Å²) in [4.78, 5) is 45.6. The van der Waals surface area contributed by atoms with Crippen LogP contribution in [0.1, 0.15) is 27.2 Å². The molecule has 0 spiro atoms. The lowest BCUT2D eigenvalue weighted by Gasteiger charge is -2.27. The van der Waals surface area contributed by atoms with Gasteiger partial charge in [0.2, 0.25) is 5.91 Å². The van der Waals surface area contributed by atoms with E-state index in [1.165, 1.54) is 0 Å². The third-order valence-electron chi connectivity index (χ3n) is 2.56. The molecule has 0 aromatic heterocycles. The predicted molar refractivity (Wildman–Crippen MR) is 64.1 cm³/mol. The van der Waals surface area contributed by atoms with Crippen LogP contribution in [0.5, 0.6) is 0 Å². The molecule has 1 fully saturated rings. The summed E-state index contributed by atoms with van der Waals surface area (Å²) in [6.07, 6.45) is -3.24. The molecular formula is C11H16N2O7. The molecule has 1 rings (SSSR count). The summed E-state index contributed by atoms with van der Waals surface area (Å²) in [6.45, 7) is 4.10. The van der Waals surface area contributed by atoms with Gasteiger partial charge >= 0.3 is 18.2 Å². The average molecular weight is 288 g/mol. The zero-order valence-corrected chi connectivity index (χ0v) is 11.3. The van der Waals surface area contributed by atoms with E-state index in [9.17, 15) is 24.3 Å². The van der Waals surface area contributed by atoms with Gasteiger partial charge in [-0.25, -0.2) is 19.3 Å². The molecular weight excluding hydrogens is 272 g/mol. The molecule has 3 N–H and O–H groups in total. The first-order valence-corrected chi connectivity index (χ1v) is 5.75. The first-order valence-electron chi connectivity index (χ1n) is 5.75. The van der Waals surface area contributed by atoms with Gasteiger partial charge in [0, 0.05) is 0 Å². The van der Waals surface area contributed by atoms with Crippen molar-refractivity contribution in [3.63, 3.8) is 0 Å². The number of nitrogens with one attached hydrogen (secondary N) is 1. The van der Waals surface area contributed by atoms with Gasteiger partial charge in [-0.3, -0.25) is 4.79 Å². The zero-order chi connectivity index (χ0) is 15.7. The Labute approximate surface area is 114 Å². The minimum atomic E-state index is -2.00. The second-order valence-electron chi connectivity index (χ2n) is 5.45. The van der Waals surface area contributed by atoms with Crippen molar-refractivity contribution in [1.29, 1.82) is 0 Å². The molecule has 1 saturated heterocycles. The van der Waals surface area contributed by atoms with E-state index >= 15 is 0 Å². The lowest BCUT2D eigenvalue weighted by Crippen LogP contribution is -2.57. The molecule has 0 saturated carbocycles. The molecule has 0 bridgehead atoms. The van der Waals surface area contributed by atoms with Crippen LogP contribution in [-0.2, 0) is 14.3 Å². The number of carbonyl (C=O) groups is 4.